The Kier molecular flexibility index (Phi) is 4.41. The lowest BCUT2D eigenvalue weighted by Crippen LogP contribution is -2.31. The van der Waals surface area contributed by atoms with Crippen LogP contribution in [0.15, 0.2) is 34.9 Å². The number of benzene rings is 1. The van der Waals surface area contributed by atoms with E-state index in [0.717, 1.165) is 5.56 Å². The van der Waals surface area contributed by atoms with Gasteiger partial charge in [0.2, 0.25) is 6.79 Å². The van der Waals surface area contributed by atoms with Gasteiger partial charge in [-0.2, -0.15) is 0 Å². The van der Waals surface area contributed by atoms with Gasteiger partial charge in [0.15, 0.2) is 18.1 Å². The Labute approximate surface area is 138 Å². The van der Waals surface area contributed by atoms with Crippen LogP contribution in [0.25, 0.3) is 0 Å². The molecule has 1 aliphatic rings. The largest absolute Gasteiger partial charge is 0.469 e. The summed E-state index contributed by atoms with van der Waals surface area (Å²) in [6.07, 6.45) is 1.40. The Morgan fingerprint density at radius 2 is 2.04 bits per heavy atom. The highest BCUT2D eigenvalue weighted by Gasteiger charge is 2.18. The van der Waals surface area contributed by atoms with Gasteiger partial charge < -0.3 is 23.9 Å². The van der Waals surface area contributed by atoms with Crippen LogP contribution in [0.2, 0.25) is 0 Å². The average molecular weight is 331 g/mol. The van der Waals surface area contributed by atoms with Gasteiger partial charge >= 0.3 is 5.97 Å². The smallest absolute Gasteiger partial charge is 0.342 e. The molecule has 3 rings (SSSR count). The zero-order valence-electron chi connectivity index (χ0n) is 13.3. The Hall–Kier alpha value is -2.96. The molecule has 0 aliphatic carbocycles. The van der Waals surface area contributed by atoms with Gasteiger partial charge in [-0.05, 0) is 37.6 Å². The van der Waals surface area contributed by atoms with E-state index in [1.807, 2.05) is 19.1 Å². The van der Waals surface area contributed by atoms with E-state index < -0.39 is 11.9 Å². The van der Waals surface area contributed by atoms with Crippen LogP contribution in [0.4, 0.5) is 0 Å². The zero-order chi connectivity index (χ0) is 17.1. The predicted octanol–water partition coefficient (Wildman–Crippen LogP) is 2.35. The lowest BCUT2D eigenvalue weighted by atomic mass is 10.1. The third-order valence-electron chi connectivity index (χ3n) is 3.69. The first kappa shape index (κ1) is 15.9. The zero-order valence-corrected chi connectivity index (χ0v) is 13.3. The van der Waals surface area contributed by atoms with Gasteiger partial charge in [-0.3, -0.25) is 4.79 Å². The van der Waals surface area contributed by atoms with Crippen molar-refractivity contribution in [3.8, 4) is 11.5 Å². The van der Waals surface area contributed by atoms with E-state index in [0.29, 0.717) is 22.8 Å². The molecular weight excluding hydrogens is 314 g/mol. The van der Waals surface area contributed by atoms with Gasteiger partial charge in [-0.25, -0.2) is 4.79 Å². The minimum Gasteiger partial charge on any atom is -0.469 e. The van der Waals surface area contributed by atoms with E-state index in [4.69, 9.17) is 18.6 Å². The number of amides is 1. The second kappa shape index (κ2) is 6.66. The molecule has 1 aromatic carbocycles. The van der Waals surface area contributed by atoms with Crippen molar-refractivity contribution in [3.63, 3.8) is 0 Å². The summed E-state index contributed by atoms with van der Waals surface area (Å²) in [6.45, 7) is 3.32. The molecule has 0 spiro atoms. The van der Waals surface area contributed by atoms with Crippen molar-refractivity contribution in [2.45, 2.75) is 19.9 Å². The molecule has 0 unspecified atom stereocenters. The van der Waals surface area contributed by atoms with Crippen LogP contribution in [0.5, 0.6) is 11.5 Å². The van der Waals surface area contributed by atoms with Crippen LogP contribution in [-0.4, -0.2) is 25.3 Å². The average Bonchev–Trinajstić information content (AvgIpc) is 3.20. The monoisotopic (exact) mass is 331 g/mol. The van der Waals surface area contributed by atoms with Crippen molar-refractivity contribution in [1.82, 2.24) is 5.32 Å². The highest BCUT2D eigenvalue weighted by molar-refractivity contribution is 5.92. The van der Waals surface area contributed by atoms with E-state index in [1.165, 1.54) is 12.3 Å². The normalized spacial score (nSPS) is 13.4. The molecule has 0 saturated heterocycles. The number of esters is 1. The van der Waals surface area contributed by atoms with Gasteiger partial charge in [0.1, 0.15) is 11.3 Å². The first-order valence-electron chi connectivity index (χ1n) is 7.44. The maximum absolute atomic E-state index is 12.0. The highest BCUT2D eigenvalue weighted by atomic mass is 16.7. The van der Waals surface area contributed by atoms with Crippen molar-refractivity contribution in [1.29, 1.82) is 0 Å². The predicted molar refractivity (Wildman–Crippen MR) is 82.9 cm³/mol. The molecule has 1 N–H and O–H groups in total. The Morgan fingerprint density at radius 1 is 1.25 bits per heavy atom. The van der Waals surface area contributed by atoms with Crippen molar-refractivity contribution < 1.29 is 28.2 Å². The van der Waals surface area contributed by atoms with Gasteiger partial charge in [0.25, 0.3) is 5.91 Å². The minimum absolute atomic E-state index is 0.197. The molecule has 7 nitrogen and oxygen atoms in total. The first-order chi connectivity index (χ1) is 11.5. The van der Waals surface area contributed by atoms with E-state index in [1.54, 1.807) is 13.0 Å². The summed E-state index contributed by atoms with van der Waals surface area (Å²) < 4.78 is 20.6. The summed E-state index contributed by atoms with van der Waals surface area (Å²) in [4.78, 5) is 23.8. The summed E-state index contributed by atoms with van der Waals surface area (Å²) in [7, 11) is 0. The number of carbonyl (C=O) groups is 2. The summed E-state index contributed by atoms with van der Waals surface area (Å²) in [5.41, 5.74) is 1.18. The molecule has 0 fully saturated rings. The third-order valence-corrected chi connectivity index (χ3v) is 3.69. The fourth-order valence-electron chi connectivity index (χ4n) is 2.35. The topological polar surface area (TPSA) is 87.0 Å². The quantitative estimate of drug-likeness (QED) is 0.846. The SMILES string of the molecule is Cc1occc1C(=O)OCC(=O)N[C@H](C)c1ccc2c(c1)OCO2. The van der Waals surface area contributed by atoms with Gasteiger partial charge in [-0.1, -0.05) is 6.07 Å². The number of fused-ring (bicyclic) bond motifs is 1. The summed E-state index contributed by atoms with van der Waals surface area (Å²) >= 11 is 0. The van der Waals surface area contributed by atoms with E-state index in [2.05, 4.69) is 5.32 Å². The van der Waals surface area contributed by atoms with E-state index in [-0.39, 0.29) is 19.4 Å². The maximum atomic E-state index is 12.0. The Morgan fingerprint density at radius 3 is 2.79 bits per heavy atom. The number of ether oxygens (including phenoxy) is 3. The second-order valence-electron chi connectivity index (χ2n) is 5.37. The number of hydrogen-bond acceptors (Lipinski definition) is 6. The minimum atomic E-state index is -0.591. The Bertz CT molecular complexity index is 766. The molecule has 1 aromatic heterocycles. The third kappa shape index (κ3) is 3.34. The highest BCUT2D eigenvalue weighted by Crippen LogP contribution is 2.34. The first-order valence-corrected chi connectivity index (χ1v) is 7.44. The molecule has 1 atom stereocenters. The molecule has 1 aliphatic heterocycles. The lowest BCUT2D eigenvalue weighted by Gasteiger charge is -2.14. The van der Waals surface area contributed by atoms with E-state index in [9.17, 15) is 9.59 Å². The summed E-state index contributed by atoms with van der Waals surface area (Å²) in [5, 5.41) is 2.77. The van der Waals surface area contributed by atoms with Gasteiger partial charge in [-0.15, -0.1) is 0 Å². The van der Waals surface area contributed by atoms with Crippen LogP contribution < -0.4 is 14.8 Å². The summed E-state index contributed by atoms with van der Waals surface area (Å²) in [5.74, 6) is 0.799. The fourth-order valence-corrected chi connectivity index (χ4v) is 2.35. The standard InChI is InChI=1S/C17H17NO6/c1-10(12-3-4-14-15(7-12)24-9-23-14)18-16(19)8-22-17(20)13-5-6-21-11(13)2/h3-7,10H,8-9H2,1-2H3,(H,18,19)/t10-/m1/s1. The number of carbonyl (C=O) groups excluding carboxylic acids is 2. The fraction of sp³-hybridized carbons (Fsp3) is 0.294. The summed E-state index contributed by atoms with van der Waals surface area (Å²) in [6, 6.07) is 6.70. The molecule has 1 amide bonds. The number of rotatable bonds is 5. The Balaban J connectivity index is 1.53. The number of nitrogens with one attached hydrogen (secondary N) is 1. The molecule has 2 heterocycles. The molecule has 126 valence electrons. The molecule has 0 bridgehead atoms. The van der Waals surface area contributed by atoms with Crippen LogP contribution in [0, 0.1) is 6.92 Å². The number of hydrogen-bond donors (Lipinski definition) is 1. The van der Waals surface area contributed by atoms with Crippen LogP contribution in [0.3, 0.4) is 0 Å². The van der Waals surface area contributed by atoms with Gasteiger partial charge in [0, 0.05) is 0 Å². The number of furan rings is 1. The van der Waals surface area contributed by atoms with Crippen LogP contribution >= 0.6 is 0 Å². The van der Waals surface area contributed by atoms with Crippen LogP contribution in [-0.2, 0) is 9.53 Å². The van der Waals surface area contributed by atoms with Crippen molar-refractivity contribution >= 4 is 11.9 Å². The van der Waals surface area contributed by atoms with Crippen LogP contribution in [0.1, 0.15) is 34.6 Å². The molecule has 0 radical (unpaired) electrons. The van der Waals surface area contributed by atoms with E-state index >= 15 is 0 Å². The second-order valence-corrected chi connectivity index (χ2v) is 5.37. The van der Waals surface area contributed by atoms with Crippen molar-refractivity contribution in [2.24, 2.45) is 0 Å². The maximum Gasteiger partial charge on any atom is 0.342 e. The number of aryl methyl sites for hydroxylation is 1. The van der Waals surface area contributed by atoms with Crippen molar-refractivity contribution in [3.05, 3.63) is 47.4 Å². The molecule has 7 heteroatoms. The molecule has 24 heavy (non-hydrogen) atoms. The molecular formula is C17H17NO6. The van der Waals surface area contributed by atoms with Gasteiger partial charge in [0.05, 0.1) is 12.3 Å². The molecule has 2 aromatic rings. The lowest BCUT2D eigenvalue weighted by molar-refractivity contribution is -0.124. The van der Waals surface area contributed by atoms with Crippen molar-refractivity contribution in [2.75, 3.05) is 13.4 Å². The molecule has 0 saturated carbocycles.